The topological polar surface area (TPSA) is 72.7 Å². The monoisotopic (exact) mass is 333 g/mol. The van der Waals surface area contributed by atoms with E-state index in [-0.39, 0.29) is 5.91 Å². The van der Waals surface area contributed by atoms with Gasteiger partial charge in [0.1, 0.15) is 6.04 Å². The molecule has 6 heteroatoms. The number of hydrogen-bond acceptors (Lipinski definition) is 4. The normalized spacial score (nSPS) is 16.6. The zero-order valence-electron chi connectivity index (χ0n) is 14.0. The van der Waals surface area contributed by atoms with Crippen LogP contribution in [-0.4, -0.2) is 32.7 Å². The minimum absolute atomic E-state index is 0.0959. The predicted molar refractivity (Wildman–Crippen MR) is 93.9 cm³/mol. The summed E-state index contributed by atoms with van der Waals surface area (Å²) in [6.07, 6.45) is 1.02. The summed E-state index contributed by atoms with van der Waals surface area (Å²) < 4.78 is 0. The molecule has 1 heterocycles. The fourth-order valence-electron chi connectivity index (χ4n) is 3.11. The van der Waals surface area contributed by atoms with Gasteiger partial charge in [-0.25, -0.2) is 0 Å². The first-order chi connectivity index (χ1) is 12.2. The zero-order chi connectivity index (χ0) is 17.2. The van der Waals surface area contributed by atoms with Gasteiger partial charge < -0.3 is 5.32 Å². The van der Waals surface area contributed by atoms with E-state index in [2.05, 4.69) is 38.9 Å². The van der Waals surface area contributed by atoms with Crippen LogP contribution in [0.1, 0.15) is 30.0 Å². The van der Waals surface area contributed by atoms with Crippen molar-refractivity contribution in [2.24, 2.45) is 0 Å². The molecule has 3 aromatic rings. The van der Waals surface area contributed by atoms with Gasteiger partial charge in [0, 0.05) is 18.0 Å². The molecule has 4 rings (SSSR count). The van der Waals surface area contributed by atoms with E-state index in [9.17, 15) is 4.79 Å². The van der Waals surface area contributed by atoms with E-state index in [1.165, 1.54) is 15.9 Å². The quantitative estimate of drug-likeness (QED) is 0.778. The molecule has 0 saturated carbocycles. The third-order valence-electron chi connectivity index (χ3n) is 4.67. The predicted octanol–water partition coefficient (Wildman–Crippen LogP) is 2.36. The summed E-state index contributed by atoms with van der Waals surface area (Å²) in [5.41, 5.74) is 3.59. The molecule has 1 N–H and O–H groups in total. The minimum Gasteiger partial charge on any atom is -0.354 e. The van der Waals surface area contributed by atoms with Crippen molar-refractivity contribution in [2.75, 3.05) is 6.54 Å². The van der Waals surface area contributed by atoms with Crippen LogP contribution in [0.5, 0.6) is 0 Å². The van der Waals surface area contributed by atoms with Gasteiger partial charge in [0.05, 0.1) is 0 Å². The molecule has 2 aromatic carbocycles. The third-order valence-corrected chi connectivity index (χ3v) is 4.67. The minimum atomic E-state index is -0.500. The van der Waals surface area contributed by atoms with Gasteiger partial charge in [-0.1, -0.05) is 54.6 Å². The average molecular weight is 333 g/mol. The molecule has 1 aliphatic rings. The summed E-state index contributed by atoms with van der Waals surface area (Å²) >= 11 is 0. The number of nitrogens with zero attached hydrogens (tertiary/aromatic N) is 4. The van der Waals surface area contributed by atoms with E-state index in [4.69, 9.17) is 0 Å². The maximum Gasteiger partial charge on any atom is 0.246 e. The Kier molecular flexibility index (Phi) is 4.01. The van der Waals surface area contributed by atoms with Gasteiger partial charge in [0.2, 0.25) is 11.7 Å². The molecule has 1 amide bonds. The number of tetrazole rings is 1. The van der Waals surface area contributed by atoms with Crippen LogP contribution in [0.25, 0.3) is 11.4 Å². The van der Waals surface area contributed by atoms with E-state index in [0.29, 0.717) is 18.3 Å². The van der Waals surface area contributed by atoms with E-state index in [1.807, 2.05) is 36.4 Å². The van der Waals surface area contributed by atoms with Crippen LogP contribution >= 0.6 is 0 Å². The van der Waals surface area contributed by atoms with E-state index in [0.717, 1.165) is 12.0 Å². The Morgan fingerprint density at radius 1 is 1.20 bits per heavy atom. The number of carbonyl (C=O) groups is 1. The molecular weight excluding hydrogens is 314 g/mol. The Morgan fingerprint density at radius 2 is 1.96 bits per heavy atom. The molecule has 0 saturated heterocycles. The molecule has 0 bridgehead atoms. The largest absolute Gasteiger partial charge is 0.354 e. The first kappa shape index (κ1) is 15.5. The smallest absolute Gasteiger partial charge is 0.246 e. The lowest BCUT2D eigenvalue weighted by atomic mass is 9.77. The third kappa shape index (κ3) is 3.03. The van der Waals surface area contributed by atoms with Crippen molar-refractivity contribution in [3.8, 4) is 11.4 Å². The maximum atomic E-state index is 12.4. The molecule has 0 aliphatic heterocycles. The lowest BCUT2D eigenvalue weighted by Gasteiger charge is -2.30. The number of amides is 1. The summed E-state index contributed by atoms with van der Waals surface area (Å²) in [4.78, 5) is 13.8. The molecule has 1 aromatic heterocycles. The number of fused-ring (bicyclic) bond motifs is 1. The Labute approximate surface area is 145 Å². The second-order valence-corrected chi connectivity index (χ2v) is 6.32. The Morgan fingerprint density at radius 3 is 2.76 bits per heavy atom. The van der Waals surface area contributed by atoms with Crippen molar-refractivity contribution in [2.45, 2.75) is 25.3 Å². The summed E-state index contributed by atoms with van der Waals surface area (Å²) in [6.45, 7) is 2.42. The van der Waals surface area contributed by atoms with Crippen molar-refractivity contribution < 1.29 is 4.79 Å². The van der Waals surface area contributed by atoms with Gasteiger partial charge >= 0.3 is 0 Å². The Bertz CT molecular complexity index is 890. The highest BCUT2D eigenvalue weighted by atomic mass is 16.2. The molecule has 0 spiro atoms. The standard InChI is InChI=1S/C19H19N5O/c1-13(24-22-18(21-23-24)14-7-3-2-4-8-14)19(25)20-12-16-11-15-9-5-6-10-17(15)16/h2-10,13,16H,11-12H2,1H3,(H,20,25)/t13-,16-/m0/s1. The van der Waals surface area contributed by atoms with Crippen molar-refractivity contribution in [1.29, 1.82) is 0 Å². The molecule has 6 nitrogen and oxygen atoms in total. The fraction of sp³-hybridized carbons (Fsp3) is 0.263. The van der Waals surface area contributed by atoms with Crippen LogP contribution in [0.15, 0.2) is 54.6 Å². The highest BCUT2D eigenvalue weighted by Crippen LogP contribution is 2.34. The van der Waals surface area contributed by atoms with Crippen molar-refractivity contribution >= 4 is 5.91 Å². The van der Waals surface area contributed by atoms with Gasteiger partial charge in [-0.3, -0.25) is 4.79 Å². The van der Waals surface area contributed by atoms with Crippen LogP contribution in [0, 0.1) is 0 Å². The second-order valence-electron chi connectivity index (χ2n) is 6.32. The van der Waals surface area contributed by atoms with Crippen LogP contribution in [-0.2, 0) is 11.2 Å². The van der Waals surface area contributed by atoms with Crippen molar-refractivity contribution in [3.63, 3.8) is 0 Å². The van der Waals surface area contributed by atoms with Gasteiger partial charge in [-0.05, 0) is 29.7 Å². The van der Waals surface area contributed by atoms with Crippen molar-refractivity contribution in [1.82, 2.24) is 25.5 Å². The van der Waals surface area contributed by atoms with Crippen LogP contribution in [0.4, 0.5) is 0 Å². The number of rotatable bonds is 5. The SMILES string of the molecule is C[C@@H](C(=O)NC[C@@H]1Cc2ccccc21)n1nnc(-c2ccccc2)n1. The van der Waals surface area contributed by atoms with Gasteiger partial charge in [0.25, 0.3) is 0 Å². The fourth-order valence-corrected chi connectivity index (χ4v) is 3.11. The highest BCUT2D eigenvalue weighted by Gasteiger charge is 2.27. The summed E-state index contributed by atoms with van der Waals surface area (Å²) in [7, 11) is 0. The number of carbonyl (C=O) groups excluding carboxylic acids is 1. The zero-order valence-corrected chi connectivity index (χ0v) is 14.0. The summed E-state index contributed by atoms with van der Waals surface area (Å²) in [5.74, 6) is 0.825. The van der Waals surface area contributed by atoms with E-state index < -0.39 is 6.04 Å². The van der Waals surface area contributed by atoms with Crippen LogP contribution < -0.4 is 5.32 Å². The second kappa shape index (κ2) is 6.47. The average Bonchev–Trinajstić information content (AvgIpc) is 3.12. The molecule has 126 valence electrons. The number of hydrogen-bond donors (Lipinski definition) is 1. The molecule has 0 unspecified atom stereocenters. The highest BCUT2D eigenvalue weighted by molar-refractivity contribution is 5.79. The van der Waals surface area contributed by atoms with Gasteiger partial charge in [0.15, 0.2) is 0 Å². The Balaban J connectivity index is 1.37. The maximum absolute atomic E-state index is 12.4. The Hall–Kier alpha value is -3.02. The molecule has 0 fully saturated rings. The first-order valence-corrected chi connectivity index (χ1v) is 8.43. The first-order valence-electron chi connectivity index (χ1n) is 8.43. The van der Waals surface area contributed by atoms with Gasteiger partial charge in [-0.15, -0.1) is 10.2 Å². The number of benzene rings is 2. The number of nitrogens with one attached hydrogen (secondary N) is 1. The molecule has 25 heavy (non-hydrogen) atoms. The summed E-state index contributed by atoms with van der Waals surface area (Å²) in [5, 5.41) is 15.4. The molecule has 1 aliphatic carbocycles. The molecule has 0 radical (unpaired) electrons. The number of aromatic nitrogens is 4. The van der Waals surface area contributed by atoms with E-state index >= 15 is 0 Å². The van der Waals surface area contributed by atoms with Crippen LogP contribution in [0.2, 0.25) is 0 Å². The van der Waals surface area contributed by atoms with Crippen molar-refractivity contribution in [3.05, 3.63) is 65.7 Å². The van der Waals surface area contributed by atoms with Crippen LogP contribution in [0.3, 0.4) is 0 Å². The lowest BCUT2D eigenvalue weighted by Crippen LogP contribution is -2.37. The van der Waals surface area contributed by atoms with E-state index in [1.54, 1.807) is 6.92 Å². The summed E-state index contributed by atoms with van der Waals surface area (Å²) in [6, 6.07) is 17.5. The molecular formula is C19H19N5O. The lowest BCUT2D eigenvalue weighted by molar-refractivity contribution is -0.124. The molecule has 2 atom stereocenters. The van der Waals surface area contributed by atoms with Gasteiger partial charge in [-0.2, -0.15) is 4.80 Å².